The average molecular weight is 370 g/mol. The van der Waals surface area contributed by atoms with E-state index in [-0.39, 0.29) is 12.0 Å². The van der Waals surface area contributed by atoms with Crippen LogP contribution in [0.1, 0.15) is 43.9 Å². The zero-order valence-electron chi connectivity index (χ0n) is 17.0. The Morgan fingerprint density at radius 1 is 0.963 bits per heavy atom. The van der Waals surface area contributed by atoms with Crippen LogP contribution in [0.5, 0.6) is 11.5 Å². The first-order valence-corrected chi connectivity index (χ1v) is 9.62. The number of carbonyl (C=O) groups excluding carboxylic acids is 1. The summed E-state index contributed by atoms with van der Waals surface area (Å²) in [4.78, 5) is 12.2. The van der Waals surface area contributed by atoms with E-state index in [2.05, 4.69) is 23.5 Å². The molecule has 4 heteroatoms. The first kappa shape index (κ1) is 20.8. The molecule has 2 aromatic rings. The van der Waals surface area contributed by atoms with E-state index in [1.54, 1.807) is 6.92 Å². The molecular formula is C23H31NO3. The van der Waals surface area contributed by atoms with Crippen LogP contribution < -0.4 is 14.8 Å². The second-order valence-electron chi connectivity index (χ2n) is 7.29. The van der Waals surface area contributed by atoms with Gasteiger partial charge in [-0.05, 0) is 88.4 Å². The molecule has 146 valence electrons. The third kappa shape index (κ3) is 7.33. The van der Waals surface area contributed by atoms with Crippen LogP contribution in [0, 0.1) is 13.8 Å². The molecule has 0 radical (unpaired) electrons. The van der Waals surface area contributed by atoms with Crippen molar-refractivity contribution in [3.05, 3.63) is 59.2 Å². The molecule has 1 atom stereocenters. The number of hydrogen-bond acceptors (Lipinski definition) is 3. The molecular weight excluding hydrogens is 338 g/mol. The van der Waals surface area contributed by atoms with Gasteiger partial charge in [0.05, 0.1) is 6.10 Å². The molecule has 0 aromatic heterocycles. The molecule has 0 heterocycles. The highest BCUT2D eigenvalue weighted by atomic mass is 16.5. The highest BCUT2D eigenvalue weighted by Crippen LogP contribution is 2.18. The minimum absolute atomic E-state index is 0.0916. The Labute approximate surface area is 162 Å². The van der Waals surface area contributed by atoms with Gasteiger partial charge in [-0.2, -0.15) is 0 Å². The second-order valence-corrected chi connectivity index (χ2v) is 7.29. The van der Waals surface area contributed by atoms with Crippen LogP contribution >= 0.6 is 0 Å². The first-order chi connectivity index (χ1) is 12.8. The highest BCUT2D eigenvalue weighted by molar-refractivity contribution is 5.80. The van der Waals surface area contributed by atoms with Crippen molar-refractivity contribution in [2.24, 2.45) is 0 Å². The van der Waals surface area contributed by atoms with E-state index in [4.69, 9.17) is 9.47 Å². The fourth-order valence-electron chi connectivity index (χ4n) is 2.95. The summed E-state index contributed by atoms with van der Waals surface area (Å²) in [7, 11) is 0. The Morgan fingerprint density at radius 2 is 1.67 bits per heavy atom. The summed E-state index contributed by atoms with van der Waals surface area (Å²) in [5.74, 6) is 1.53. The first-order valence-electron chi connectivity index (χ1n) is 9.62. The smallest absolute Gasteiger partial charge is 0.260 e. The maximum Gasteiger partial charge on any atom is 0.260 e. The van der Waals surface area contributed by atoms with Crippen molar-refractivity contribution in [2.45, 2.75) is 59.7 Å². The molecule has 0 saturated heterocycles. The van der Waals surface area contributed by atoms with Crippen molar-refractivity contribution >= 4 is 5.91 Å². The monoisotopic (exact) mass is 369 g/mol. The summed E-state index contributed by atoms with van der Waals surface area (Å²) in [5, 5.41) is 2.95. The summed E-state index contributed by atoms with van der Waals surface area (Å²) in [5.41, 5.74) is 3.46. The van der Waals surface area contributed by atoms with Gasteiger partial charge in [-0.1, -0.05) is 18.2 Å². The summed E-state index contributed by atoms with van der Waals surface area (Å²) in [6.07, 6.45) is 1.40. The lowest BCUT2D eigenvalue weighted by molar-refractivity contribution is -0.127. The molecule has 0 aliphatic heterocycles. The summed E-state index contributed by atoms with van der Waals surface area (Å²) >= 11 is 0. The van der Waals surface area contributed by atoms with Crippen LogP contribution in [0.3, 0.4) is 0 Å². The maximum atomic E-state index is 12.2. The second kappa shape index (κ2) is 10.0. The van der Waals surface area contributed by atoms with Crippen molar-refractivity contribution in [3.63, 3.8) is 0 Å². The Morgan fingerprint density at radius 3 is 2.33 bits per heavy atom. The van der Waals surface area contributed by atoms with E-state index >= 15 is 0 Å². The minimum Gasteiger partial charge on any atom is -0.491 e. The molecule has 4 nitrogen and oxygen atoms in total. The van der Waals surface area contributed by atoms with Crippen LogP contribution in [0.25, 0.3) is 0 Å². The molecule has 0 fully saturated rings. The number of benzene rings is 2. The zero-order chi connectivity index (χ0) is 19.8. The summed E-state index contributed by atoms with van der Waals surface area (Å²) in [6, 6.07) is 14.1. The van der Waals surface area contributed by atoms with Gasteiger partial charge in [-0.15, -0.1) is 0 Å². The normalized spacial score (nSPS) is 11.9. The van der Waals surface area contributed by atoms with E-state index in [9.17, 15) is 4.79 Å². The fourth-order valence-corrected chi connectivity index (χ4v) is 2.95. The standard InChI is InChI=1S/C23H31NO3/c1-16(2)26-21-10-6-8-20(15-21)9-7-11-24-23(25)19(5)27-22-13-17(3)12-18(4)14-22/h6,8,10,12-16,19H,7,9,11H2,1-5H3,(H,24,25)/t19-/m1/s1. The number of ether oxygens (including phenoxy) is 2. The topological polar surface area (TPSA) is 47.6 Å². The molecule has 27 heavy (non-hydrogen) atoms. The van der Waals surface area contributed by atoms with Gasteiger partial charge in [0.15, 0.2) is 6.10 Å². The Hall–Kier alpha value is -2.49. The van der Waals surface area contributed by atoms with Gasteiger partial charge in [0, 0.05) is 6.54 Å². The van der Waals surface area contributed by atoms with Gasteiger partial charge in [-0.3, -0.25) is 4.79 Å². The fraction of sp³-hybridized carbons (Fsp3) is 0.435. The van der Waals surface area contributed by atoms with Gasteiger partial charge in [0.1, 0.15) is 11.5 Å². The quantitative estimate of drug-likeness (QED) is 0.657. The molecule has 0 unspecified atom stereocenters. The number of carbonyl (C=O) groups is 1. The average Bonchev–Trinajstić information content (AvgIpc) is 2.57. The summed E-state index contributed by atoms with van der Waals surface area (Å²) < 4.78 is 11.5. The van der Waals surface area contributed by atoms with E-state index in [1.165, 1.54) is 5.56 Å². The Bertz CT molecular complexity index is 735. The molecule has 1 N–H and O–H groups in total. The molecule has 1 amide bonds. The van der Waals surface area contributed by atoms with Crippen molar-refractivity contribution in [3.8, 4) is 11.5 Å². The van der Waals surface area contributed by atoms with Gasteiger partial charge in [0.25, 0.3) is 5.91 Å². The highest BCUT2D eigenvalue weighted by Gasteiger charge is 2.14. The number of hydrogen-bond donors (Lipinski definition) is 1. The van der Waals surface area contributed by atoms with E-state index < -0.39 is 6.10 Å². The molecule has 2 rings (SSSR count). The van der Waals surface area contributed by atoms with Gasteiger partial charge in [-0.25, -0.2) is 0 Å². The van der Waals surface area contributed by atoms with Crippen LogP contribution in [0.15, 0.2) is 42.5 Å². The largest absolute Gasteiger partial charge is 0.491 e. The molecule has 0 bridgehead atoms. The van der Waals surface area contributed by atoms with Gasteiger partial charge in [0.2, 0.25) is 0 Å². The van der Waals surface area contributed by atoms with Crippen molar-refractivity contribution in [1.82, 2.24) is 5.32 Å². The lowest BCUT2D eigenvalue weighted by Crippen LogP contribution is -2.37. The molecule has 2 aromatic carbocycles. The lowest BCUT2D eigenvalue weighted by atomic mass is 10.1. The van der Waals surface area contributed by atoms with E-state index in [0.717, 1.165) is 35.5 Å². The summed E-state index contributed by atoms with van der Waals surface area (Å²) in [6.45, 7) is 10.5. The number of rotatable bonds is 9. The SMILES string of the molecule is Cc1cc(C)cc(O[C@H](C)C(=O)NCCCc2cccc(OC(C)C)c2)c1. The molecule has 0 saturated carbocycles. The third-order valence-corrected chi connectivity index (χ3v) is 4.09. The molecule has 0 aliphatic rings. The van der Waals surface area contributed by atoms with E-state index in [0.29, 0.717) is 6.54 Å². The van der Waals surface area contributed by atoms with Gasteiger partial charge < -0.3 is 14.8 Å². The number of aryl methyl sites for hydroxylation is 3. The Kier molecular flexibility index (Phi) is 7.71. The third-order valence-electron chi connectivity index (χ3n) is 4.09. The number of amides is 1. The number of nitrogens with one attached hydrogen (secondary N) is 1. The van der Waals surface area contributed by atoms with Crippen LogP contribution in [0.2, 0.25) is 0 Å². The lowest BCUT2D eigenvalue weighted by Gasteiger charge is -2.16. The minimum atomic E-state index is -0.519. The predicted molar refractivity (Wildman–Crippen MR) is 110 cm³/mol. The maximum absolute atomic E-state index is 12.2. The van der Waals surface area contributed by atoms with Crippen molar-refractivity contribution in [2.75, 3.05) is 6.54 Å². The van der Waals surface area contributed by atoms with Crippen molar-refractivity contribution in [1.29, 1.82) is 0 Å². The molecule has 0 spiro atoms. The molecule has 0 aliphatic carbocycles. The Balaban J connectivity index is 1.75. The van der Waals surface area contributed by atoms with Crippen LogP contribution in [-0.2, 0) is 11.2 Å². The van der Waals surface area contributed by atoms with Crippen LogP contribution in [-0.4, -0.2) is 24.7 Å². The van der Waals surface area contributed by atoms with Gasteiger partial charge >= 0.3 is 0 Å². The van der Waals surface area contributed by atoms with E-state index in [1.807, 2.05) is 52.0 Å². The zero-order valence-corrected chi connectivity index (χ0v) is 17.0. The van der Waals surface area contributed by atoms with Crippen molar-refractivity contribution < 1.29 is 14.3 Å². The predicted octanol–water partition coefficient (Wildman–Crippen LogP) is 4.61. The van der Waals surface area contributed by atoms with Crippen LogP contribution in [0.4, 0.5) is 0 Å².